The van der Waals surface area contributed by atoms with E-state index in [1.807, 2.05) is 24.4 Å². The Morgan fingerprint density at radius 3 is 2.75 bits per heavy atom. The lowest BCUT2D eigenvalue weighted by atomic mass is 9.84. The maximum absolute atomic E-state index is 14.4. The van der Waals surface area contributed by atoms with E-state index < -0.39 is 59.5 Å². The molecule has 1 N–H and O–H groups in total. The number of aryl methyl sites for hydroxylation is 1. The van der Waals surface area contributed by atoms with Crippen molar-refractivity contribution in [3.63, 3.8) is 0 Å². The summed E-state index contributed by atoms with van der Waals surface area (Å²) in [6.45, 7) is 14.8. The number of thiazole rings is 1. The van der Waals surface area contributed by atoms with Crippen molar-refractivity contribution in [2.75, 3.05) is 20.3 Å². The first-order valence-electron chi connectivity index (χ1n) is 19.3. The lowest BCUT2D eigenvalue weighted by molar-refractivity contribution is -0.157. The quantitative estimate of drug-likeness (QED) is 0.186. The standard InChI is InChI=1S/C42H50F2N6O5S/c1-8-48-31-15-14-25-18-27(31)28(37(48)26-12-10-16-45-36(26)24(4)54-7)20-42(5,6)22-55-41(53)29-13-11-17-50(47-29)39(51)32(19-33-46-30(25)21-56-33)49(9-2)40(52)35-23(3)34(35)38(43)44/h9-10,12,14-16,18,21,23-24,29,32,34-35,38,47H,2,8,11,13,17,19-20,22H2,1,3-7H3/t23-,24-,29-,32?,34+,35+/m0/s1. The van der Waals surface area contributed by atoms with Gasteiger partial charge >= 0.3 is 5.97 Å². The average Bonchev–Trinajstić information content (AvgIpc) is 3.50. The van der Waals surface area contributed by atoms with Crippen molar-refractivity contribution in [3.8, 4) is 22.5 Å². The number of methoxy groups -OCH3 is 1. The van der Waals surface area contributed by atoms with Crippen molar-refractivity contribution in [1.29, 1.82) is 0 Å². The maximum Gasteiger partial charge on any atom is 0.324 e. The van der Waals surface area contributed by atoms with E-state index in [2.05, 4.69) is 55.5 Å². The first kappa shape index (κ1) is 39.7. The van der Waals surface area contributed by atoms with Crippen molar-refractivity contribution < 1.29 is 32.6 Å². The zero-order valence-corrected chi connectivity index (χ0v) is 33.6. The van der Waals surface area contributed by atoms with Crippen LogP contribution in [0.3, 0.4) is 0 Å². The largest absolute Gasteiger partial charge is 0.464 e. The number of rotatable bonds is 8. The first-order valence-corrected chi connectivity index (χ1v) is 20.2. The molecule has 0 radical (unpaired) electrons. The second-order valence-corrected chi connectivity index (χ2v) is 16.9. The minimum absolute atomic E-state index is 0.0223. The molecule has 1 aliphatic carbocycles. The minimum atomic E-state index is -2.66. The number of alkyl halides is 2. The van der Waals surface area contributed by atoms with E-state index in [-0.39, 0.29) is 25.7 Å². The lowest BCUT2D eigenvalue weighted by Gasteiger charge is -2.37. The van der Waals surface area contributed by atoms with Crippen LogP contribution < -0.4 is 5.43 Å². The fraction of sp³-hybridized carbons (Fsp3) is 0.500. The smallest absolute Gasteiger partial charge is 0.324 e. The minimum Gasteiger partial charge on any atom is -0.464 e. The zero-order chi connectivity index (χ0) is 40.1. The highest BCUT2D eigenvalue weighted by atomic mass is 32.1. The number of benzene rings is 1. The highest BCUT2D eigenvalue weighted by Gasteiger charge is 2.58. The number of carbonyl (C=O) groups is 3. The van der Waals surface area contributed by atoms with E-state index in [0.717, 1.165) is 39.0 Å². The van der Waals surface area contributed by atoms with Crippen LogP contribution in [0, 0.1) is 23.2 Å². The normalized spacial score (nSPS) is 24.4. The molecule has 1 unspecified atom stereocenters. The van der Waals surface area contributed by atoms with E-state index >= 15 is 0 Å². The van der Waals surface area contributed by atoms with Crippen LogP contribution in [0.15, 0.2) is 54.7 Å². The monoisotopic (exact) mass is 788 g/mol. The second kappa shape index (κ2) is 15.8. The predicted molar refractivity (Wildman–Crippen MR) is 210 cm³/mol. The Hall–Kier alpha value is -4.53. The van der Waals surface area contributed by atoms with Gasteiger partial charge in [-0.1, -0.05) is 33.4 Å². The molecular formula is C42H50F2N6O5S. The van der Waals surface area contributed by atoms with E-state index in [1.54, 1.807) is 20.2 Å². The van der Waals surface area contributed by atoms with Crippen molar-refractivity contribution >= 4 is 40.0 Å². The fourth-order valence-electron chi connectivity index (χ4n) is 8.46. The Morgan fingerprint density at radius 2 is 2.05 bits per heavy atom. The van der Waals surface area contributed by atoms with Gasteiger partial charge in [-0.2, -0.15) is 0 Å². The molecule has 7 rings (SSSR count). The van der Waals surface area contributed by atoms with Gasteiger partial charge in [0.1, 0.15) is 12.1 Å². The van der Waals surface area contributed by atoms with Gasteiger partial charge in [0.15, 0.2) is 0 Å². The Labute approximate surface area is 330 Å². The summed E-state index contributed by atoms with van der Waals surface area (Å²) in [5, 5.41) is 4.91. The Kier molecular flexibility index (Phi) is 11.2. The number of nitrogens with zero attached hydrogens (tertiary/aromatic N) is 5. The van der Waals surface area contributed by atoms with Gasteiger partial charge in [0.05, 0.1) is 40.7 Å². The van der Waals surface area contributed by atoms with Crippen LogP contribution in [0.4, 0.5) is 8.78 Å². The van der Waals surface area contributed by atoms with Gasteiger partial charge < -0.3 is 18.9 Å². The third-order valence-corrected chi connectivity index (χ3v) is 12.5. The van der Waals surface area contributed by atoms with Gasteiger partial charge in [-0.3, -0.25) is 24.4 Å². The Bertz CT molecular complexity index is 2150. The molecule has 3 aliphatic rings. The SMILES string of the molecule is C=CN(C(=O)[C@@H]1[C@@H](C)[C@H]1C(F)F)C1Cc2nc(cs2)-c2ccc3c(c2)c(c(-c2cccnc2[C@H](C)OC)n3CC)CC(C)(C)COC(=O)[C@@H]2CCCN(N2)C1=O. The molecule has 4 aromatic rings. The number of esters is 1. The zero-order valence-electron chi connectivity index (χ0n) is 32.8. The van der Waals surface area contributed by atoms with E-state index in [0.29, 0.717) is 36.5 Å². The second-order valence-electron chi connectivity index (χ2n) is 16.0. The van der Waals surface area contributed by atoms with Crippen LogP contribution in [0.5, 0.6) is 0 Å². The molecule has 5 heterocycles. The highest BCUT2D eigenvalue weighted by Crippen LogP contribution is 2.51. The van der Waals surface area contributed by atoms with Gasteiger partial charge in [0.2, 0.25) is 12.3 Å². The predicted octanol–water partition coefficient (Wildman–Crippen LogP) is 7.21. The summed E-state index contributed by atoms with van der Waals surface area (Å²) in [6, 6.07) is 8.35. The van der Waals surface area contributed by atoms with Gasteiger partial charge in [-0.15, -0.1) is 11.3 Å². The molecule has 11 nitrogen and oxygen atoms in total. The van der Waals surface area contributed by atoms with Crippen LogP contribution in [0.25, 0.3) is 33.4 Å². The third-order valence-electron chi connectivity index (χ3n) is 11.6. The molecule has 3 aromatic heterocycles. The summed E-state index contributed by atoms with van der Waals surface area (Å²) in [5.41, 5.74) is 9.07. The molecule has 2 amide bonds. The number of cyclic esters (lactones) is 1. The topological polar surface area (TPSA) is 119 Å². The molecular weight excluding hydrogens is 739 g/mol. The third kappa shape index (κ3) is 7.38. The summed E-state index contributed by atoms with van der Waals surface area (Å²) in [6.07, 6.45) is 1.67. The van der Waals surface area contributed by atoms with Crippen molar-refractivity contribution in [1.82, 2.24) is 29.9 Å². The molecule has 2 fully saturated rings. The number of hydrazine groups is 1. The molecule has 2 aliphatic heterocycles. The number of aromatic nitrogens is 3. The number of amides is 2. The van der Waals surface area contributed by atoms with Crippen molar-refractivity contribution in [3.05, 3.63) is 71.0 Å². The number of hydrogen-bond donors (Lipinski definition) is 1. The average molecular weight is 789 g/mol. The van der Waals surface area contributed by atoms with E-state index in [9.17, 15) is 23.2 Å². The molecule has 298 valence electrons. The number of ether oxygens (including phenoxy) is 2. The maximum atomic E-state index is 14.4. The number of nitrogens with one attached hydrogen (secondary N) is 1. The molecule has 1 aromatic carbocycles. The van der Waals surface area contributed by atoms with E-state index in [1.165, 1.54) is 27.4 Å². The lowest BCUT2D eigenvalue weighted by Crippen LogP contribution is -2.60. The first-order chi connectivity index (χ1) is 26.8. The van der Waals surface area contributed by atoms with Crippen molar-refractivity contribution in [2.45, 2.75) is 91.5 Å². The van der Waals surface area contributed by atoms with Gasteiger partial charge in [-0.05, 0) is 68.9 Å². The molecule has 6 bridgehead atoms. The molecule has 0 spiro atoms. The van der Waals surface area contributed by atoms with Gasteiger partial charge in [0, 0.05) is 77.8 Å². The van der Waals surface area contributed by atoms with Crippen LogP contribution in [-0.2, 0) is 43.2 Å². The van der Waals surface area contributed by atoms with Gasteiger partial charge in [0.25, 0.3) is 5.91 Å². The number of hydrogen-bond acceptors (Lipinski definition) is 9. The number of carbonyl (C=O) groups excluding carboxylic acids is 3. The summed E-state index contributed by atoms with van der Waals surface area (Å²) >= 11 is 1.36. The number of halogens is 2. The van der Waals surface area contributed by atoms with Crippen LogP contribution in [0.1, 0.15) is 69.8 Å². The van der Waals surface area contributed by atoms with Crippen LogP contribution in [0.2, 0.25) is 0 Å². The Balaban J connectivity index is 1.36. The summed E-state index contributed by atoms with van der Waals surface area (Å²) < 4.78 is 41.7. The van der Waals surface area contributed by atoms with Gasteiger partial charge in [-0.25, -0.2) is 19.2 Å². The van der Waals surface area contributed by atoms with Crippen LogP contribution >= 0.6 is 11.3 Å². The van der Waals surface area contributed by atoms with E-state index in [4.69, 9.17) is 19.4 Å². The molecule has 1 saturated heterocycles. The summed E-state index contributed by atoms with van der Waals surface area (Å²) in [7, 11) is 1.67. The molecule has 1 saturated carbocycles. The van der Waals surface area contributed by atoms with Crippen molar-refractivity contribution in [2.24, 2.45) is 23.2 Å². The fourth-order valence-corrected chi connectivity index (χ4v) is 9.30. The summed E-state index contributed by atoms with van der Waals surface area (Å²) in [4.78, 5) is 52.9. The Morgan fingerprint density at radius 1 is 1.27 bits per heavy atom. The van der Waals surface area contributed by atoms with Crippen LogP contribution in [-0.4, -0.2) is 81.0 Å². The molecule has 14 heteroatoms. The molecule has 56 heavy (non-hydrogen) atoms. The summed E-state index contributed by atoms with van der Waals surface area (Å²) in [5.74, 6) is -4.08. The number of pyridine rings is 1. The molecule has 6 atom stereocenters. The highest BCUT2D eigenvalue weighted by molar-refractivity contribution is 7.10. The number of fused-ring (bicyclic) bond motifs is 6.